The molecule has 1 N–H and O–H groups in total. The predicted molar refractivity (Wildman–Crippen MR) is 121 cm³/mol. The molecule has 3 aromatic rings. The molecule has 8 heteroatoms. The molecule has 0 saturated heterocycles. The minimum Gasteiger partial charge on any atom is -0.355 e. The molecule has 0 bridgehead atoms. The van der Waals surface area contributed by atoms with Crippen LogP contribution in [0, 0.1) is 5.92 Å². The minimum absolute atomic E-state index is 0.0522. The number of thioether (sulfide) groups is 1. The maximum absolute atomic E-state index is 13.3. The highest BCUT2D eigenvalue weighted by Crippen LogP contribution is 2.35. The summed E-state index contributed by atoms with van der Waals surface area (Å²) in [7, 11) is 0. The van der Waals surface area contributed by atoms with E-state index < -0.39 is 0 Å². The summed E-state index contributed by atoms with van der Waals surface area (Å²) in [6, 6.07) is 3.98. The van der Waals surface area contributed by atoms with Gasteiger partial charge in [0.15, 0.2) is 5.16 Å². The van der Waals surface area contributed by atoms with Crippen LogP contribution in [0.1, 0.15) is 20.8 Å². The van der Waals surface area contributed by atoms with Crippen molar-refractivity contribution in [1.29, 1.82) is 0 Å². The molecule has 0 aromatic carbocycles. The Labute approximate surface area is 176 Å². The van der Waals surface area contributed by atoms with Gasteiger partial charge in [0.25, 0.3) is 5.56 Å². The van der Waals surface area contributed by atoms with E-state index in [1.807, 2.05) is 29.8 Å². The van der Waals surface area contributed by atoms with Gasteiger partial charge < -0.3 is 5.32 Å². The quantitative estimate of drug-likeness (QED) is 0.320. The van der Waals surface area contributed by atoms with Gasteiger partial charge in [0.1, 0.15) is 4.83 Å². The van der Waals surface area contributed by atoms with Crippen molar-refractivity contribution in [1.82, 2.24) is 14.9 Å². The van der Waals surface area contributed by atoms with E-state index >= 15 is 0 Å². The number of aromatic nitrogens is 2. The van der Waals surface area contributed by atoms with Gasteiger partial charge in [-0.25, -0.2) is 4.98 Å². The Hall–Kier alpha value is -1.90. The van der Waals surface area contributed by atoms with Crippen LogP contribution in [-0.4, -0.2) is 27.3 Å². The lowest BCUT2D eigenvalue weighted by Gasteiger charge is -2.15. The van der Waals surface area contributed by atoms with Crippen molar-refractivity contribution < 1.29 is 4.79 Å². The molecule has 3 heterocycles. The van der Waals surface area contributed by atoms with Crippen molar-refractivity contribution in [2.24, 2.45) is 5.92 Å². The van der Waals surface area contributed by atoms with E-state index in [-0.39, 0.29) is 16.7 Å². The number of hydrogen-bond acceptors (Lipinski definition) is 6. The van der Waals surface area contributed by atoms with E-state index in [1.165, 1.54) is 23.1 Å². The number of fused-ring (bicyclic) bond motifs is 1. The van der Waals surface area contributed by atoms with Crippen LogP contribution in [0.15, 0.2) is 45.5 Å². The lowest BCUT2D eigenvalue weighted by molar-refractivity contribution is -0.120. The van der Waals surface area contributed by atoms with Gasteiger partial charge in [-0.05, 0) is 24.3 Å². The van der Waals surface area contributed by atoms with Gasteiger partial charge in [-0.15, -0.1) is 29.3 Å². The number of carbonyl (C=O) groups excluding carboxylic acids is 1. The topological polar surface area (TPSA) is 64.0 Å². The van der Waals surface area contributed by atoms with E-state index in [1.54, 1.807) is 22.0 Å². The van der Waals surface area contributed by atoms with Crippen LogP contribution in [0.2, 0.25) is 0 Å². The highest BCUT2D eigenvalue weighted by molar-refractivity contribution is 8.00. The molecule has 0 aliphatic heterocycles. The Balaban J connectivity index is 1.99. The molecule has 5 nitrogen and oxygen atoms in total. The summed E-state index contributed by atoms with van der Waals surface area (Å²) in [4.78, 5) is 32.1. The molecule has 0 fully saturated rings. The number of carbonyl (C=O) groups is 1. The molecular weight excluding hydrogens is 410 g/mol. The summed E-state index contributed by atoms with van der Waals surface area (Å²) >= 11 is 4.37. The second kappa shape index (κ2) is 9.07. The molecule has 1 unspecified atom stereocenters. The van der Waals surface area contributed by atoms with E-state index in [9.17, 15) is 9.59 Å². The summed E-state index contributed by atoms with van der Waals surface area (Å²) < 4.78 is 1.61. The molecule has 0 aliphatic carbocycles. The van der Waals surface area contributed by atoms with Crippen LogP contribution < -0.4 is 10.9 Å². The van der Waals surface area contributed by atoms with Crippen LogP contribution in [0.25, 0.3) is 20.7 Å². The number of amides is 1. The standard InChI is InChI=1S/C20H23N3O2S3/c1-5-8-23-19(25)16-14(15-7-6-9-26-15)11-27-18(16)22-20(23)28-13(4)17(24)21-10-12(2)3/h5-7,9,11-13H,1,8,10H2,2-4H3,(H,21,24). The molecule has 3 aromatic heterocycles. The molecule has 0 spiro atoms. The third kappa shape index (κ3) is 4.39. The van der Waals surface area contributed by atoms with Crippen molar-refractivity contribution >= 4 is 50.6 Å². The molecule has 3 rings (SSSR count). The maximum Gasteiger partial charge on any atom is 0.263 e. The summed E-state index contributed by atoms with van der Waals surface area (Å²) in [6.07, 6.45) is 1.68. The summed E-state index contributed by atoms with van der Waals surface area (Å²) in [5.41, 5.74) is 0.830. The number of thiophene rings is 2. The fraction of sp³-hybridized carbons (Fsp3) is 0.350. The minimum atomic E-state index is -0.351. The molecule has 28 heavy (non-hydrogen) atoms. The number of allylic oxidation sites excluding steroid dienone is 1. The van der Waals surface area contributed by atoms with Crippen molar-refractivity contribution in [3.8, 4) is 10.4 Å². The summed E-state index contributed by atoms with van der Waals surface area (Å²) in [5, 5.41) is 7.74. The van der Waals surface area contributed by atoms with Gasteiger partial charge in [-0.3, -0.25) is 14.2 Å². The zero-order chi connectivity index (χ0) is 20.3. The van der Waals surface area contributed by atoms with Crippen molar-refractivity contribution in [3.05, 3.63) is 45.9 Å². The fourth-order valence-electron chi connectivity index (χ4n) is 2.66. The van der Waals surface area contributed by atoms with E-state index in [0.29, 0.717) is 34.4 Å². The lowest BCUT2D eigenvalue weighted by Crippen LogP contribution is -2.34. The zero-order valence-electron chi connectivity index (χ0n) is 16.1. The molecular formula is C20H23N3O2S3. The highest BCUT2D eigenvalue weighted by atomic mass is 32.2. The normalized spacial score (nSPS) is 12.4. The molecule has 0 radical (unpaired) electrons. The Kier molecular flexibility index (Phi) is 6.74. The predicted octanol–water partition coefficient (Wildman–Crippen LogP) is 4.63. The van der Waals surface area contributed by atoms with Gasteiger partial charge in [-0.2, -0.15) is 0 Å². The third-order valence-corrected chi connectivity index (χ3v) is 6.96. The summed E-state index contributed by atoms with van der Waals surface area (Å²) in [5.74, 6) is 0.333. The summed E-state index contributed by atoms with van der Waals surface area (Å²) in [6.45, 7) is 10.7. The SMILES string of the molecule is C=CCn1c(SC(C)C(=O)NCC(C)C)nc2scc(-c3cccs3)c2c1=O. The number of nitrogens with one attached hydrogen (secondary N) is 1. The number of nitrogens with zero attached hydrogens (tertiary/aromatic N) is 2. The van der Waals surface area contributed by atoms with Crippen LogP contribution in [-0.2, 0) is 11.3 Å². The first-order chi connectivity index (χ1) is 13.4. The fourth-order valence-corrected chi connectivity index (χ4v) is 5.40. The van der Waals surface area contributed by atoms with E-state index in [4.69, 9.17) is 4.98 Å². The monoisotopic (exact) mass is 433 g/mol. The molecule has 1 atom stereocenters. The molecule has 0 aliphatic rings. The molecule has 0 saturated carbocycles. The lowest BCUT2D eigenvalue weighted by atomic mass is 10.2. The Morgan fingerprint density at radius 2 is 2.18 bits per heavy atom. The second-order valence-corrected chi connectivity index (χ2v) is 9.92. The van der Waals surface area contributed by atoms with Crippen LogP contribution in [0.4, 0.5) is 0 Å². The average molecular weight is 434 g/mol. The van der Waals surface area contributed by atoms with Crippen LogP contribution in [0.3, 0.4) is 0 Å². The Morgan fingerprint density at radius 1 is 1.39 bits per heavy atom. The van der Waals surface area contributed by atoms with Crippen molar-refractivity contribution in [3.63, 3.8) is 0 Å². The van der Waals surface area contributed by atoms with E-state index in [2.05, 4.69) is 25.7 Å². The first-order valence-corrected chi connectivity index (χ1v) is 11.7. The third-order valence-electron chi connectivity index (χ3n) is 4.09. The smallest absolute Gasteiger partial charge is 0.263 e. The van der Waals surface area contributed by atoms with Gasteiger partial charge in [0.2, 0.25) is 5.91 Å². The van der Waals surface area contributed by atoms with Crippen molar-refractivity contribution in [2.75, 3.05) is 6.54 Å². The van der Waals surface area contributed by atoms with Crippen LogP contribution >= 0.6 is 34.4 Å². The zero-order valence-corrected chi connectivity index (χ0v) is 18.5. The van der Waals surface area contributed by atoms with E-state index in [0.717, 1.165) is 10.4 Å². The second-order valence-electron chi connectivity index (χ2n) is 6.80. The number of rotatable bonds is 8. The molecule has 1 amide bonds. The molecule has 148 valence electrons. The van der Waals surface area contributed by atoms with Gasteiger partial charge in [0, 0.05) is 28.9 Å². The van der Waals surface area contributed by atoms with Crippen molar-refractivity contribution in [2.45, 2.75) is 37.7 Å². The Morgan fingerprint density at radius 3 is 2.82 bits per heavy atom. The average Bonchev–Trinajstić information content (AvgIpc) is 3.32. The van der Waals surface area contributed by atoms with Gasteiger partial charge in [-0.1, -0.05) is 37.8 Å². The maximum atomic E-state index is 13.3. The first kappa shape index (κ1) is 20.8. The first-order valence-electron chi connectivity index (χ1n) is 9.03. The largest absolute Gasteiger partial charge is 0.355 e. The van der Waals surface area contributed by atoms with Gasteiger partial charge >= 0.3 is 0 Å². The van der Waals surface area contributed by atoms with Crippen LogP contribution in [0.5, 0.6) is 0 Å². The highest BCUT2D eigenvalue weighted by Gasteiger charge is 2.21. The van der Waals surface area contributed by atoms with Gasteiger partial charge in [0.05, 0.1) is 10.6 Å². The number of hydrogen-bond donors (Lipinski definition) is 1. The Bertz CT molecular complexity index is 1040.